The predicted octanol–water partition coefficient (Wildman–Crippen LogP) is 3.10. The standard InChI is InChI=1S/C14H11NO2/c16-15-8-14-11(7-13(17-14)9-5-6-9)10-3-1-2-4-12(10)15/h1-4,7-9H,5-6H2. The molecule has 0 N–H and O–H groups in total. The molecular weight excluding hydrogens is 214 g/mol. The molecule has 2 aromatic heterocycles. The average Bonchev–Trinajstić information content (AvgIpc) is 3.11. The zero-order chi connectivity index (χ0) is 11.4. The van der Waals surface area contributed by atoms with Gasteiger partial charge in [0, 0.05) is 17.4 Å². The molecule has 0 spiro atoms. The molecule has 0 saturated heterocycles. The molecule has 1 fully saturated rings. The van der Waals surface area contributed by atoms with Crippen LogP contribution >= 0.6 is 0 Å². The second-order valence-corrected chi connectivity index (χ2v) is 4.67. The Bertz CT molecular complexity index is 725. The summed E-state index contributed by atoms with van der Waals surface area (Å²) in [5.74, 6) is 1.60. The Hall–Kier alpha value is -2.03. The summed E-state index contributed by atoms with van der Waals surface area (Å²) >= 11 is 0. The molecule has 0 aliphatic heterocycles. The van der Waals surface area contributed by atoms with Gasteiger partial charge in [0.05, 0.1) is 5.39 Å². The number of hydrogen-bond donors (Lipinski definition) is 0. The summed E-state index contributed by atoms with van der Waals surface area (Å²) in [6.07, 6.45) is 3.94. The number of benzene rings is 1. The fourth-order valence-corrected chi connectivity index (χ4v) is 2.37. The molecule has 2 heterocycles. The lowest BCUT2D eigenvalue weighted by molar-refractivity contribution is -0.575. The normalized spacial score (nSPS) is 15.8. The maximum Gasteiger partial charge on any atom is 0.224 e. The number of furan rings is 1. The van der Waals surface area contributed by atoms with Gasteiger partial charge in [-0.3, -0.25) is 0 Å². The molecule has 3 aromatic rings. The molecule has 1 saturated carbocycles. The van der Waals surface area contributed by atoms with Crippen molar-refractivity contribution in [3.05, 3.63) is 47.5 Å². The minimum atomic E-state index is 0.571. The van der Waals surface area contributed by atoms with Gasteiger partial charge in [0.2, 0.25) is 11.7 Å². The molecule has 0 radical (unpaired) electrons. The molecule has 1 aliphatic rings. The predicted molar refractivity (Wildman–Crippen MR) is 64.7 cm³/mol. The topological polar surface area (TPSA) is 40.1 Å². The van der Waals surface area contributed by atoms with E-state index in [1.54, 1.807) is 0 Å². The lowest BCUT2D eigenvalue weighted by Gasteiger charge is -2.00. The smallest absolute Gasteiger partial charge is 0.224 e. The Labute approximate surface area is 97.9 Å². The first-order valence-electron chi connectivity index (χ1n) is 5.87. The first-order chi connectivity index (χ1) is 8.33. The van der Waals surface area contributed by atoms with Crippen LogP contribution < -0.4 is 4.73 Å². The Morgan fingerprint density at radius 2 is 2.00 bits per heavy atom. The van der Waals surface area contributed by atoms with E-state index in [0.717, 1.165) is 21.3 Å². The van der Waals surface area contributed by atoms with E-state index in [9.17, 15) is 5.21 Å². The van der Waals surface area contributed by atoms with Crippen LogP contribution in [0.25, 0.3) is 21.9 Å². The van der Waals surface area contributed by atoms with Crippen LogP contribution in [0.2, 0.25) is 0 Å². The van der Waals surface area contributed by atoms with Crippen LogP contribution in [0.1, 0.15) is 24.5 Å². The third-order valence-electron chi connectivity index (χ3n) is 3.43. The summed E-state index contributed by atoms with van der Waals surface area (Å²) in [6, 6.07) is 9.73. The zero-order valence-electron chi connectivity index (χ0n) is 9.22. The molecule has 3 nitrogen and oxygen atoms in total. The minimum absolute atomic E-state index is 0.571. The molecule has 1 aliphatic carbocycles. The third kappa shape index (κ3) is 1.25. The van der Waals surface area contributed by atoms with Crippen LogP contribution in [0.4, 0.5) is 0 Å². The minimum Gasteiger partial charge on any atom is -0.618 e. The summed E-state index contributed by atoms with van der Waals surface area (Å²) < 4.78 is 6.65. The van der Waals surface area contributed by atoms with E-state index in [2.05, 4.69) is 6.07 Å². The van der Waals surface area contributed by atoms with E-state index >= 15 is 0 Å². The van der Waals surface area contributed by atoms with Crippen LogP contribution in [-0.2, 0) is 0 Å². The number of rotatable bonds is 1. The van der Waals surface area contributed by atoms with Gasteiger partial charge in [0.25, 0.3) is 0 Å². The van der Waals surface area contributed by atoms with E-state index < -0.39 is 0 Å². The molecule has 17 heavy (non-hydrogen) atoms. The van der Waals surface area contributed by atoms with Crippen LogP contribution in [0.3, 0.4) is 0 Å². The zero-order valence-corrected chi connectivity index (χ0v) is 9.22. The van der Waals surface area contributed by atoms with Crippen molar-refractivity contribution in [2.45, 2.75) is 18.8 Å². The molecule has 0 amide bonds. The number of nitrogens with zero attached hydrogens (tertiary/aromatic N) is 1. The summed E-state index contributed by atoms with van der Waals surface area (Å²) in [5, 5.41) is 13.9. The second kappa shape index (κ2) is 3.00. The van der Waals surface area contributed by atoms with Gasteiger partial charge < -0.3 is 9.62 Å². The summed E-state index contributed by atoms with van der Waals surface area (Å²) in [4.78, 5) is 0. The van der Waals surface area contributed by atoms with Crippen LogP contribution in [0, 0.1) is 5.21 Å². The van der Waals surface area contributed by atoms with Gasteiger partial charge in [0.15, 0.2) is 5.58 Å². The molecule has 0 atom stereocenters. The Balaban J connectivity index is 2.14. The maximum atomic E-state index is 11.8. The molecule has 0 unspecified atom stereocenters. The van der Waals surface area contributed by atoms with Crippen LogP contribution in [0.5, 0.6) is 0 Å². The summed E-state index contributed by atoms with van der Waals surface area (Å²) in [5.41, 5.74) is 1.39. The number of hydrogen-bond acceptors (Lipinski definition) is 2. The second-order valence-electron chi connectivity index (χ2n) is 4.67. The highest BCUT2D eigenvalue weighted by Gasteiger charge is 2.28. The lowest BCUT2D eigenvalue weighted by Crippen LogP contribution is -2.25. The maximum absolute atomic E-state index is 11.8. The van der Waals surface area contributed by atoms with Crippen molar-refractivity contribution in [3.63, 3.8) is 0 Å². The van der Waals surface area contributed by atoms with Crippen molar-refractivity contribution in [1.29, 1.82) is 0 Å². The first-order valence-corrected chi connectivity index (χ1v) is 5.87. The highest BCUT2D eigenvalue weighted by Crippen LogP contribution is 2.42. The largest absolute Gasteiger partial charge is 0.618 e. The number of pyridine rings is 1. The quantitative estimate of drug-likeness (QED) is 0.471. The summed E-state index contributed by atoms with van der Waals surface area (Å²) in [7, 11) is 0. The Kier molecular flexibility index (Phi) is 1.60. The van der Waals surface area contributed by atoms with E-state index in [4.69, 9.17) is 4.42 Å². The Morgan fingerprint density at radius 3 is 2.82 bits per heavy atom. The van der Waals surface area contributed by atoms with Gasteiger partial charge in [-0.1, -0.05) is 12.1 Å². The average molecular weight is 225 g/mol. The lowest BCUT2D eigenvalue weighted by atomic mass is 10.1. The van der Waals surface area contributed by atoms with Gasteiger partial charge in [-0.15, -0.1) is 0 Å². The van der Waals surface area contributed by atoms with Crippen molar-refractivity contribution in [2.75, 3.05) is 0 Å². The van der Waals surface area contributed by atoms with Crippen molar-refractivity contribution in [3.8, 4) is 0 Å². The van der Waals surface area contributed by atoms with Crippen molar-refractivity contribution in [2.24, 2.45) is 0 Å². The van der Waals surface area contributed by atoms with Gasteiger partial charge in [-0.2, -0.15) is 4.73 Å². The Morgan fingerprint density at radius 1 is 1.18 bits per heavy atom. The van der Waals surface area contributed by atoms with Crippen molar-refractivity contribution >= 4 is 21.9 Å². The fourth-order valence-electron chi connectivity index (χ4n) is 2.37. The van der Waals surface area contributed by atoms with Crippen LogP contribution in [-0.4, -0.2) is 0 Å². The molecule has 3 heteroatoms. The number of fused-ring (bicyclic) bond motifs is 3. The van der Waals surface area contributed by atoms with Gasteiger partial charge >= 0.3 is 0 Å². The van der Waals surface area contributed by atoms with E-state index in [1.165, 1.54) is 19.0 Å². The molecule has 4 rings (SSSR count). The highest BCUT2D eigenvalue weighted by molar-refractivity contribution is 6.02. The van der Waals surface area contributed by atoms with E-state index in [1.807, 2.05) is 24.3 Å². The fraction of sp³-hybridized carbons (Fsp3) is 0.214. The number of para-hydroxylation sites is 1. The molecule has 1 aromatic carbocycles. The van der Waals surface area contributed by atoms with Gasteiger partial charge in [-0.25, -0.2) is 0 Å². The SMILES string of the molecule is [O-][n+]1cc2oc(C3CC3)cc2c2ccccc21. The van der Waals surface area contributed by atoms with Crippen molar-refractivity contribution < 1.29 is 9.15 Å². The monoisotopic (exact) mass is 225 g/mol. The molecule has 0 bridgehead atoms. The number of aromatic nitrogens is 1. The highest BCUT2D eigenvalue weighted by atomic mass is 16.5. The third-order valence-corrected chi connectivity index (χ3v) is 3.43. The van der Waals surface area contributed by atoms with E-state index in [0.29, 0.717) is 17.0 Å². The van der Waals surface area contributed by atoms with E-state index in [-0.39, 0.29) is 0 Å². The van der Waals surface area contributed by atoms with Gasteiger partial charge in [0.1, 0.15) is 5.76 Å². The van der Waals surface area contributed by atoms with Gasteiger partial charge in [-0.05, 0) is 25.0 Å². The molecular formula is C14H11NO2. The first kappa shape index (κ1) is 9.05. The summed E-state index contributed by atoms with van der Waals surface area (Å²) in [6.45, 7) is 0. The molecule has 84 valence electrons. The van der Waals surface area contributed by atoms with Crippen molar-refractivity contribution in [1.82, 2.24) is 0 Å². The van der Waals surface area contributed by atoms with Crippen LogP contribution in [0.15, 0.2) is 40.9 Å².